The monoisotopic (exact) mass is 400 g/mol. The number of ether oxygens (including phenoxy) is 1. The number of amides is 1. The van der Waals surface area contributed by atoms with Gasteiger partial charge >= 0.3 is 0 Å². The fourth-order valence-electron chi connectivity index (χ4n) is 3.28. The van der Waals surface area contributed by atoms with E-state index in [-0.39, 0.29) is 12.0 Å². The zero-order valence-electron chi connectivity index (χ0n) is 15.8. The zero-order chi connectivity index (χ0) is 19.7. The lowest BCUT2D eigenvalue weighted by molar-refractivity contribution is 0.0589. The van der Waals surface area contributed by atoms with E-state index in [1.807, 2.05) is 31.3 Å². The maximum Gasteiger partial charge on any atom is 0.276 e. The maximum absolute atomic E-state index is 12.9. The van der Waals surface area contributed by atoms with Crippen molar-refractivity contribution in [1.29, 1.82) is 0 Å². The predicted molar refractivity (Wildman–Crippen MR) is 104 cm³/mol. The number of hydrogen-bond donors (Lipinski definition) is 0. The summed E-state index contributed by atoms with van der Waals surface area (Å²) >= 11 is 5.90. The summed E-state index contributed by atoms with van der Waals surface area (Å²) in [6.45, 7) is 2.99. The van der Waals surface area contributed by atoms with Gasteiger partial charge in [-0.05, 0) is 31.2 Å². The first-order valence-corrected chi connectivity index (χ1v) is 9.55. The van der Waals surface area contributed by atoms with Crippen molar-refractivity contribution in [2.24, 2.45) is 7.05 Å². The van der Waals surface area contributed by atoms with Crippen molar-refractivity contribution in [2.45, 2.75) is 25.9 Å². The Hall–Kier alpha value is -2.80. The number of nitrogens with zero attached hydrogens (tertiary/aromatic N) is 4. The molecule has 1 aliphatic rings. The molecule has 4 rings (SSSR count). The molecule has 1 fully saturated rings. The second-order valence-electron chi connectivity index (χ2n) is 6.89. The van der Waals surface area contributed by atoms with Crippen LogP contribution in [0.4, 0.5) is 0 Å². The highest BCUT2D eigenvalue weighted by atomic mass is 35.5. The first-order valence-electron chi connectivity index (χ1n) is 9.17. The van der Waals surface area contributed by atoms with Crippen LogP contribution in [-0.2, 0) is 7.05 Å². The molecule has 28 heavy (non-hydrogen) atoms. The Morgan fingerprint density at radius 1 is 1.25 bits per heavy atom. The third kappa shape index (κ3) is 3.89. The average molecular weight is 401 g/mol. The third-order valence-corrected chi connectivity index (χ3v) is 5.05. The van der Waals surface area contributed by atoms with Gasteiger partial charge in [-0.15, -0.1) is 0 Å². The molecule has 0 atom stereocenters. The van der Waals surface area contributed by atoms with E-state index in [2.05, 4.69) is 10.1 Å². The van der Waals surface area contributed by atoms with Gasteiger partial charge < -0.3 is 14.1 Å². The number of carbonyl (C=O) groups is 1. The molecule has 0 N–H and O–H groups in total. The molecule has 0 saturated carbocycles. The summed E-state index contributed by atoms with van der Waals surface area (Å²) in [5, 5.41) is 4.80. The van der Waals surface area contributed by atoms with Gasteiger partial charge in [0.2, 0.25) is 5.89 Å². The molecule has 3 aromatic rings. The Labute approximate surface area is 167 Å². The third-order valence-electron chi connectivity index (χ3n) is 4.80. The van der Waals surface area contributed by atoms with Crippen molar-refractivity contribution in [3.05, 3.63) is 53.1 Å². The highest BCUT2D eigenvalue weighted by Gasteiger charge is 2.28. The Balaban J connectivity index is 1.39. The molecule has 7 nitrogen and oxygen atoms in total. The molecule has 146 valence electrons. The largest absolute Gasteiger partial charge is 0.490 e. The zero-order valence-corrected chi connectivity index (χ0v) is 16.5. The fourth-order valence-corrected chi connectivity index (χ4v) is 3.41. The molecule has 1 amide bonds. The molecule has 0 unspecified atom stereocenters. The van der Waals surface area contributed by atoms with Crippen molar-refractivity contribution in [3.63, 3.8) is 0 Å². The van der Waals surface area contributed by atoms with E-state index in [9.17, 15) is 4.79 Å². The molecule has 3 heterocycles. The Bertz CT molecular complexity index is 972. The van der Waals surface area contributed by atoms with Crippen LogP contribution in [0.25, 0.3) is 11.5 Å². The second-order valence-corrected chi connectivity index (χ2v) is 7.33. The van der Waals surface area contributed by atoms with Gasteiger partial charge in [-0.25, -0.2) is 4.98 Å². The van der Waals surface area contributed by atoms with Gasteiger partial charge in [0, 0.05) is 44.2 Å². The van der Waals surface area contributed by atoms with Crippen LogP contribution in [0.2, 0.25) is 5.02 Å². The molecule has 1 aliphatic heterocycles. The van der Waals surface area contributed by atoms with Crippen LogP contribution < -0.4 is 4.74 Å². The van der Waals surface area contributed by atoms with Crippen LogP contribution in [0.1, 0.15) is 29.1 Å². The number of likely N-dealkylation sites (tertiary alicyclic amines) is 1. The smallest absolute Gasteiger partial charge is 0.276 e. The minimum Gasteiger partial charge on any atom is -0.490 e. The van der Waals surface area contributed by atoms with E-state index in [0.29, 0.717) is 35.5 Å². The van der Waals surface area contributed by atoms with Crippen LogP contribution in [0.5, 0.6) is 5.75 Å². The number of piperidine rings is 1. The van der Waals surface area contributed by atoms with Crippen molar-refractivity contribution in [2.75, 3.05) is 13.1 Å². The summed E-state index contributed by atoms with van der Waals surface area (Å²) in [7, 11) is 1.82. The molecule has 2 aromatic heterocycles. The van der Waals surface area contributed by atoms with Crippen LogP contribution >= 0.6 is 11.6 Å². The van der Waals surface area contributed by atoms with Crippen molar-refractivity contribution >= 4 is 17.5 Å². The van der Waals surface area contributed by atoms with Crippen molar-refractivity contribution in [1.82, 2.24) is 19.7 Å². The molecular weight excluding hydrogens is 380 g/mol. The number of hydrogen-bond acceptors (Lipinski definition) is 5. The van der Waals surface area contributed by atoms with Crippen LogP contribution in [0, 0.1) is 6.92 Å². The molecule has 0 bridgehead atoms. The summed E-state index contributed by atoms with van der Waals surface area (Å²) in [6.07, 6.45) is 5.08. The second kappa shape index (κ2) is 7.67. The molecule has 0 aliphatic carbocycles. The first-order chi connectivity index (χ1) is 13.5. The van der Waals surface area contributed by atoms with E-state index in [1.54, 1.807) is 28.9 Å². The first kappa shape index (κ1) is 18.6. The minimum atomic E-state index is -0.110. The van der Waals surface area contributed by atoms with Gasteiger partial charge in [-0.2, -0.15) is 5.10 Å². The molecule has 8 heteroatoms. The van der Waals surface area contributed by atoms with Crippen LogP contribution in [0.15, 0.2) is 41.1 Å². The fraction of sp³-hybridized carbons (Fsp3) is 0.350. The summed E-state index contributed by atoms with van der Waals surface area (Å²) in [5.74, 6) is 1.61. The quantitative estimate of drug-likeness (QED) is 0.667. The highest BCUT2D eigenvalue weighted by molar-refractivity contribution is 6.30. The SMILES string of the molecule is Cc1oc(-c2cnn(C)c2)nc1C(=O)N1CCC(Oc2ccc(Cl)cc2)CC1. The van der Waals surface area contributed by atoms with Crippen molar-refractivity contribution in [3.8, 4) is 17.2 Å². The number of aromatic nitrogens is 3. The number of aryl methyl sites for hydroxylation is 2. The number of rotatable bonds is 4. The summed E-state index contributed by atoms with van der Waals surface area (Å²) < 4.78 is 13.3. The molecule has 0 radical (unpaired) electrons. The van der Waals surface area contributed by atoms with E-state index in [4.69, 9.17) is 20.8 Å². The lowest BCUT2D eigenvalue weighted by atomic mass is 10.1. The molecule has 1 saturated heterocycles. The Morgan fingerprint density at radius 3 is 2.61 bits per heavy atom. The lowest BCUT2D eigenvalue weighted by Crippen LogP contribution is -2.42. The van der Waals surface area contributed by atoms with Crippen LogP contribution in [-0.4, -0.2) is 44.8 Å². The topological polar surface area (TPSA) is 73.4 Å². The standard InChI is InChI=1S/C20H21ClN4O3/c1-13-18(23-19(27-13)14-11-22-24(2)12-14)20(26)25-9-7-17(8-10-25)28-16-5-3-15(21)4-6-16/h3-6,11-12,17H,7-10H2,1-2H3. The lowest BCUT2D eigenvalue weighted by Gasteiger charge is -2.31. The van der Waals surface area contributed by atoms with Gasteiger partial charge in [0.05, 0.1) is 11.8 Å². The van der Waals surface area contributed by atoms with E-state index >= 15 is 0 Å². The molecule has 1 aromatic carbocycles. The van der Waals surface area contributed by atoms with Crippen LogP contribution in [0.3, 0.4) is 0 Å². The van der Waals surface area contributed by atoms with Gasteiger partial charge in [0.25, 0.3) is 5.91 Å². The van der Waals surface area contributed by atoms with E-state index < -0.39 is 0 Å². The predicted octanol–water partition coefficient (Wildman–Crippen LogP) is 3.72. The van der Waals surface area contributed by atoms with Gasteiger partial charge in [0.1, 0.15) is 17.6 Å². The van der Waals surface area contributed by atoms with E-state index in [1.165, 1.54) is 0 Å². The Morgan fingerprint density at radius 2 is 1.96 bits per heavy atom. The normalized spacial score (nSPS) is 15.0. The Kier molecular flexibility index (Phi) is 5.09. The number of oxazole rings is 1. The summed E-state index contributed by atoms with van der Waals surface area (Å²) in [4.78, 5) is 19.1. The number of carbonyl (C=O) groups excluding carboxylic acids is 1. The van der Waals surface area contributed by atoms with Gasteiger partial charge in [-0.3, -0.25) is 9.48 Å². The highest BCUT2D eigenvalue weighted by Crippen LogP contribution is 2.25. The average Bonchev–Trinajstić information content (AvgIpc) is 3.29. The minimum absolute atomic E-state index is 0.0783. The maximum atomic E-state index is 12.9. The molecule has 0 spiro atoms. The summed E-state index contributed by atoms with van der Waals surface area (Å²) in [6, 6.07) is 7.34. The summed E-state index contributed by atoms with van der Waals surface area (Å²) in [5.41, 5.74) is 1.11. The van der Waals surface area contributed by atoms with Crippen molar-refractivity contribution < 1.29 is 13.9 Å². The number of halogens is 1. The van der Waals surface area contributed by atoms with Gasteiger partial charge in [-0.1, -0.05) is 11.6 Å². The van der Waals surface area contributed by atoms with E-state index in [0.717, 1.165) is 24.2 Å². The number of benzene rings is 1. The molecular formula is C20H21ClN4O3. The van der Waals surface area contributed by atoms with Gasteiger partial charge in [0.15, 0.2) is 5.69 Å².